The van der Waals surface area contributed by atoms with E-state index in [2.05, 4.69) is 32.7 Å². The van der Waals surface area contributed by atoms with Gasteiger partial charge in [0.2, 0.25) is 0 Å². The van der Waals surface area contributed by atoms with E-state index in [1.807, 2.05) is 32.2 Å². The molecule has 0 spiro atoms. The van der Waals surface area contributed by atoms with E-state index in [0.29, 0.717) is 4.83 Å². The van der Waals surface area contributed by atoms with Gasteiger partial charge in [-0.3, -0.25) is 0 Å². The van der Waals surface area contributed by atoms with E-state index in [0.717, 1.165) is 30.6 Å². The number of anilines is 1. The number of piperidine rings is 1. The number of alkyl halides is 1. The molecule has 100 valence electrons. The fourth-order valence-corrected chi connectivity index (χ4v) is 2.79. The van der Waals surface area contributed by atoms with Crippen molar-refractivity contribution in [1.82, 2.24) is 4.98 Å². The van der Waals surface area contributed by atoms with Crippen LogP contribution in [0.25, 0.3) is 0 Å². The van der Waals surface area contributed by atoms with Gasteiger partial charge in [-0.1, -0.05) is 22.9 Å². The molecule has 0 aromatic carbocycles. The van der Waals surface area contributed by atoms with Crippen molar-refractivity contribution < 1.29 is 4.74 Å². The largest absolute Gasteiger partial charge is 0.487 e. The molecule has 1 aliphatic rings. The van der Waals surface area contributed by atoms with Gasteiger partial charge in [-0.15, -0.1) is 0 Å². The molecule has 0 bridgehead atoms. The summed E-state index contributed by atoms with van der Waals surface area (Å²) in [4.78, 5) is 7.34. The molecule has 3 nitrogen and oxygen atoms in total. The van der Waals surface area contributed by atoms with Gasteiger partial charge in [-0.25, -0.2) is 4.98 Å². The fourth-order valence-electron chi connectivity index (χ4n) is 2.18. The molecule has 1 saturated heterocycles. The number of hydrogen-bond acceptors (Lipinski definition) is 3. The van der Waals surface area contributed by atoms with Crippen LogP contribution in [0.2, 0.25) is 0 Å². The zero-order chi connectivity index (χ0) is 13.1. The van der Waals surface area contributed by atoms with Crippen LogP contribution < -0.4 is 9.64 Å². The van der Waals surface area contributed by atoms with E-state index in [1.165, 1.54) is 6.42 Å². The van der Waals surface area contributed by atoms with Crippen LogP contribution in [-0.2, 0) is 0 Å². The average Bonchev–Trinajstić information content (AvgIpc) is 2.33. The molecule has 1 fully saturated rings. The molecule has 4 heteroatoms. The summed E-state index contributed by atoms with van der Waals surface area (Å²) in [5.74, 6) is 2.59. The maximum atomic E-state index is 5.84. The highest BCUT2D eigenvalue weighted by atomic mass is 79.9. The first-order chi connectivity index (χ1) is 8.58. The molecule has 2 heterocycles. The summed E-state index contributed by atoms with van der Waals surface area (Å²) < 4.78 is 5.84. The van der Waals surface area contributed by atoms with Crippen LogP contribution in [0.3, 0.4) is 0 Å². The third-order valence-electron chi connectivity index (χ3n) is 3.28. The molecule has 0 saturated carbocycles. The maximum Gasteiger partial charge on any atom is 0.171 e. The Morgan fingerprint density at radius 1 is 1.50 bits per heavy atom. The number of halogens is 1. The number of rotatable bonds is 3. The summed E-state index contributed by atoms with van der Waals surface area (Å²) in [6.45, 7) is 8.42. The van der Waals surface area contributed by atoms with Crippen LogP contribution in [0, 0.1) is 5.92 Å². The number of pyridine rings is 1. The lowest BCUT2D eigenvalue weighted by Gasteiger charge is -2.35. The zero-order valence-electron chi connectivity index (χ0n) is 11.3. The normalized spacial score (nSPS) is 24.4. The predicted octanol–water partition coefficient (Wildman–Crippen LogP) is 3.48. The first kappa shape index (κ1) is 13.7. The number of nitrogens with zero attached hydrogens (tertiary/aromatic N) is 2. The second-order valence-electron chi connectivity index (χ2n) is 5.22. The molecule has 2 unspecified atom stereocenters. The summed E-state index contributed by atoms with van der Waals surface area (Å²) in [7, 11) is 0. The highest BCUT2D eigenvalue weighted by molar-refractivity contribution is 9.09. The molecule has 18 heavy (non-hydrogen) atoms. The summed E-state index contributed by atoms with van der Waals surface area (Å²) in [6.07, 6.45) is 3.20. The third kappa shape index (κ3) is 3.16. The van der Waals surface area contributed by atoms with Crippen molar-refractivity contribution in [3.8, 4) is 5.75 Å². The summed E-state index contributed by atoms with van der Waals surface area (Å²) in [6, 6.07) is 3.93. The van der Waals surface area contributed by atoms with E-state index >= 15 is 0 Å². The minimum Gasteiger partial charge on any atom is -0.487 e. The van der Waals surface area contributed by atoms with Gasteiger partial charge in [-0.2, -0.15) is 0 Å². The zero-order valence-corrected chi connectivity index (χ0v) is 12.9. The number of ether oxygens (including phenoxy) is 1. The lowest BCUT2D eigenvalue weighted by atomic mass is 9.99. The average molecular weight is 313 g/mol. The van der Waals surface area contributed by atoms with Crippen molar-refractivity contribution in [2.75, 3.05) is 18.0 Å². The molecule has 1 aromatic rings. The molecule has 2 atom stereocenters. The second kappa shape index (κ2) is 5.91. The molecule has 0 radical (unpaired) electrons. The lowest BCUT2D eigenvalue weighted by molar-refractivity contribution is 0.241. The maximum absolute atomic E-state index is 5.84. The van der Waals surface area contributed by atoms with Crippen molar-refractivity contribution in [2.45, 2.75) is 38.1 Å². The summed E-state index contributed by atoms with van der Waals surface area (Å²) in [5.41, 5.74) is 0. The van der Waals surface area contributed by atoms with Gasteiger partial charge in [0.25, 0.3) is 0 Å². The monoisotopic (exact) mass is 312 g/mol. The van der Waals surface area contributed by atoms with Gasteiger partial charge in [0, 0.05) is 24.1 Å². The van der Waals surface area contributed by atoms with Crippen LogP contribution in [-0.4, -0.2) is 29.0 Å². The van der Waals surface area contributed by atoms with E-state index < -0.39 is 0 Å². The quantitative estimate of drug-likeness (QED) is 0.799. The van der Waals surface area contributed by atoms with Crippen molar-refractivity contribution in [2.24, 2.45) is 5.92 Å². The van der Waals surface area contributed by atoms with Gasteiger partial charge < -0.3 is 9.64 Å². The van der Waals surface area contributed by atoms with Gasteiger partial charge >= 0.3 is 0 Å². The third-order valence-corrected chi connectivity index (χ3v) is 4.47. The second-order valence-corrected chi connectivity index (χ2v) is 6.40. The van der Waals surface area contributed by atoms with Crippen molar-refractivity contribution in [1.29, 1.82) is 0 Å². The van der Waals surface area contributed by atoms with Crippen LogP contribution in [0.1, 0.15) is 27.2 Å². The van der Waals surface area contributed by atoms with E-state index in [1.54, 1.807) is 0 Å². The molecule has 0 N–H and O–H groups in total. The fraction of sp³-hybridized carbons (Fsp3) is 0.643. The lowest BCUT2D eigenvalue weighted by Crippen LogP contribution is -2.40. The number of aromatic nitrogens is 1. The minimum absolute atomic E-state index is 0.177. The Bertz CT molecular complexity index is 397. The van der Waals surface area contributed by atoms with E-state index in [4.69, 9.17) is 4.74 Å². The van der Waals surface area contributed by atoms with Crippen LogP contribution in [0.15, 0.2) is 18.3 Å². The van der Waals surface area contributed by atoms with Crippen molar-refractivity contribution >= 4 is 21.7 Å². The molecular weight excluding hydrogens is 292 g/mol. The van der Waals surface area contributed by atoms with Crippen LogP contribution >= 0.6 is 15.9 Å². The Balaban J connectivity index is 2.17. The molecule has 2 rings (SSSR count). The molecule has 0 amide bonds. The SMILES string of the molecule is CC(C)Oc1cccnc1N1CCC(C)C(Br)C1. The van der Waals surface area contributed by atoms with Crippen LogP contribution in [0.4, 0.5) is 5.82 Å². The summed E-state index contributed by atoms with van der Waals surface area (Å²) in [5, 5.41) is 0. The van der Waals surface area contributed by atoms with E-state index in [9.17, 15) is 0 Å². The highest BCUT2D eigenvalue weighted by Crippen LogP contribution is 2.32. The van der Waals surface area contributed by atoms with Crippen molar-refractivity contribution in [3.05, 3.63) is 18.3 Å². The summed E-state index contributed by atoms with van der Waals surface area (Å²) >= 11 is 3.76. The highest BCUT2D eigenvalue weighted by Gasteiger charge is 2.26. The van der Waals surface area contributed by atoms with Crippen LogP contribution in [0.5, 0.6) is 5.75 Å². The van der Waals surface area contributed by atoms with Gasteiger partial charge in [0.1, 0.15) is 0 Å². The molecule has 1 aliphatic heterocycles. The topological polar surface area (TPSA) is 25.4 Å². The molecular formula is C14H21BrN2O. The smallest absolute Gasteiger partial charge is 0.171 e. The molecule has 0 aliphatic carbocycles. The van der Waals surface area contributed by atoms with Crippen molar-refractivity contribution in [3.63, 3.8) is 0 Å². The number of hydrogen-bond donors (Lipinski definition) is 0. The standard InChI is InChI=1S/C14H21BrN2O/c1-10(2)18-13-5-4-7-16-14(13)17-8-6-11(3)12(15)9-17/h4-5,7,10-12H,6,8-9H2,1-3H3. The predicted molar refractivity (Wildman–Crippen MR) is 78.7 cm³/mol. The minimum atomic E-state index is 0.177. The first-order valence-electron chi connectivity index (χ1n) is 6.58. The Kier molecular flexibility index (Phi) is 4.49. The Hall–Kier alpha value is -0.770. The van der Waals surface area contributed by atoms with Gasteiger partial charge in [0.15, 0.2) is 11.6 Å². The molecule has 1 aromatic heterocycles. The Labute approximate surface area is 118 Å². The Morgan fingerprint density at radius 3 is 2.94 bits per heavy atom. The Morgan fingerprint density at radius 2 is 2.28 bits per heavy atom. The van der Waals surface area contributed by atoms with E-state index in [-0.39, 0.29) is 6.10 Å². The van der Waals surface area contributed by atoms with Gasteiger partial charge in [-0.05, 0) is 38.3 Å². The van der Waals surface area contributed by atoms with Gasteiger partial charge in [0.05, 0.1) is 6.10 Å². The first-order valence-corrected chi connectivity index (χ1v) is 7.50.